The summed E-state index contributed by atoms with van der Waals surface area (Å²) in [5, 5.41) is 5.35. The number of hydrogen-bond donors (Lipinski definition) is 1. The number of hydrogen-bond acceptors (Lipinski definition) is 3. The van der Waals surface area contributed by atoms with Crippen molar-refractivity contribution in [1.29, 1.82) is 0 Å². The summed E-state index contributed by atoms with van der Waals surface area (Å²) in [4.78, 5) is 12.3. The first-order chi connectivity index (χ1) is 13.7. The van der Waals surface area contributed by atoms with E-state index in [1.165, 1.54) is 5.39 Å². The number of benzene rings is 3. The Balaban J connectivity index is 1.53. The van der Waals surface area contributed by atoms with Crippen LogP contribution in [0.4, 0.5) is 0 Å². The molecule has 0 bridgehead atoms. The number of ether oxygens (including phenoxy) is 2. The van der Waals surface area contributed by atoms with Gasteiger partial charge < -0.3 is 14.8 Å². The number of nitrogens with one attached hydrogen (secondary N) is 1. The zero-order chi connectivity index (χ0) is 19.8. The van der Waals surface area contributed by atoms with Crippen LogP contribution in [0.1, 0.15) is 25.0 Å². The van der Waals surface area contributed by atoms with Gasteiger partial charge in [0.1, 0.15) is 0 Å². The molecule has 0 aliphatic heterocycles. The molecule has 0 aliphatic rings. The molecule has 1 N–H and O–H groups in total. The molecular formula is C24H27NO3. The highest BCUT2D eigenvalue weighted by atomic mass is 16.5. The third-order valence-corrected chi connectivity index (χ3v) is 4.52. The van der Waals surface area contributed by atoms with Crippen LogP contribution in [0.25, 0.3) is 10.8 Å². The third kappa shape index (κ3) is 5.26. The van der Waals surface area contributed by atoms with Crippen molar-refractivity contribution in [3.8, 4) is 11.5 Å². The lowest BCUT2D eigenvalue weighted by molar-refractivity contribution is -0.120. The lowest BCUT2D eigenvalue weighted by atomic mass is 10.0. The van der Waals surface area contributed by atoms with Crippen molar-refractivity contribution in [2.45, 2.75) is 26.7 Å². The van der Waals surface area contributed by atoms with Crippen LogP contribution in [-0.2, 0) is 17.6 Å². The summed E-state index contributed by atoms with van der Waals surface area (Å²) in [6, 6.07) is 20.3. The molecule has 0 saturated carbocycles. The zero-order valence-corrected chi connectivity index (χ0v) is 16.5. The van der Waals surface area contributed by atoms with Crippen LogP contribution in [0.15, 0.2) is 60.7 Å². The first-order valence-corrected chi connectivity index (χ1v) is 9.82. The Morgan fingerprint density at radius 2 is 1.54 bits per heavy atom. The van der Waals surface area contributed by atoms with E-state index in [9.17, 15) is 4.79 Å². The van der Waals surface area contributed by atoms with E-state index in [0.29, 0.717) is 26.2 Å². The Morgan fingerprint density at radius 3 is 2.32 bits per heavy atom. The van der Waals surface area contributed by atoms with Crippen LogP contribution < -0.4 is 14.8 Å². The number of fused-ring (bicyclic) bond motifs is 1. The predicted octanol–water partition coefficient (Wildman–Crippen LogP) is 4.54. The Labute approximate surface area is 166 Å². The lowest BCUT2D eigenvalue weighted by Gasteiger charge is -2.12. The number of rotatable bonds is 9. The van der Waals surface area contributed by atoms with Gasteiger partial charge >= 0.3 is 0 Å². The van der Waals surface area contributed by atoms with E-state index in [4.69, 9.17) is 9.47 Å². The molecule has 0 fully saturated rings. The average Bonchev–Trinajstić information content (AvgIpc) is 2.70. The average molecular weight is 377 g/mol. The van der Waals surface area contributed by atoms with Gasteiger partial charge in [-0.1, -0.05) is 48.5 Å². The van der Waals surface area contributed by atoms with E-state index in [2.05, 4.69) is 29.6 Å². The molecule has 0 spiro atoms. The summed E-state index contributed by atoms with van der Waals surface area (Å²) in [6.45, 7) is 5.69. The Kier molecular flexibility index (Phi) is 6.90. The van der Waals surface area contributed by atoms with Crippen LogP contribution in [-0.4, -0.2) is 25.7 Å². The standard InChI is InChI=1S/C24H27NO3/c1-3-27-22-12-10-18(16-23(22)28-4-2)13-14-25-24(26)17-19-9-11-20-7-5-6-8-21(20)15-19/h5-12,15-16H,3-4,13-14,17H2,1-2H3,(H,25,26). The normalized spacial score (nSPS) is 10.6. The highest BCUT2D eigenvalue weighted by Gasteiger charge is 2.08. The van der Waals surface area contributed by atoms with Crippen molar-refractivity contribution in [1.82, 2.24) is 5.32 Å². The van der Waals surface area contributed by atoms with E-state index in [1.54, 1.807) is 0 Å². The predicted molar refractivity (Wildman–Crippen MR) is 113 cm³/mol. The molecule has 3 aromatic rings. The first-order valence-electron chi connectivity index (χ1n) is 9.82. The molecule has 0 aliphatic carbocycles. The largest absolute Gasteiger partial charge is 0.490 e. The Bertz CT molecular complexity index is 936. The molecule has 0 heterocycles. The molecule has 0 aromatic heterocycles. The van der Waals surface area contributed by atoms with Gasteiger partial charge in [-0.25, -0.2) is 0 Å². The molecular weight excluding hydrogens is 350 g/mol. The molecule has 3 rings (SSSR count). The summed E-state index contributed by atoms with van der Waals surface area (Å²) in [5.41, 5.74) is 2.13. The second-order valence-corrected chi connectivity index (χ2v) is 6.61. The van der Waals surface area contributed by atoms with Crippen LogP contribution >= 0.6 is 0 Å². The van der Waals surface area contributed by atoms with Gasteiger partial charge in [0.2, 0.25) is 5.91 Å². The van der Waals surface area contributed by atoms with E-state index >= 15 is 0 Å². The van der Waals surface area contributed by atoms with E-state index in [1.807, 2.05) is 50.2 Å². The number of amides is 1. The summed E-state index contributed by atoms with van der Waals surface area (Å²) in [7, 11) is 0. The van der Waals surface area contributed by atoms with Crippen molar-refractivity contribution in [3.63, 3.8) is 0 Å². The maximum absolute atomic E-state index is 12.3. The van der Waals surface area contributed by atoms with Crippen LogP contribution in [0, 0.1) is 0 Å². The molecule has 0 radical (unpaired) electrons. The van der Waals surface area contributed by atoms with Gasteiger partial charge in [0.05, 0.1) is 19.6 Å². The Hall–Kier alpha value is -3.01. The van der Waals surface area contributed by atoms with Gasteiger partial charge in [-0.3, -0.25) is 4.79 Å². The molecule has 4 heteroatoms. The minimum Gasteiger partial charge on any atom is -0.490 e. The molecule has 1 amide bonds. The minimum absolute atomic E-state index is 0.0336. The fourth-order valence-corrected chi connectivity index (χ4v) is 3.19. The second-order valence-electron chi connectivity index (χ2n) is 6.61. The smallest absolute Gasteiger partial charge is 0.224 e. The SMILES string of the molecule is CCOc1ccc(CCNC(=O)Cc2ccc3ccccc3c2)cc1OCC. The van der Waals surface area contributed by atoms with E-state index < -0.39 is 0 Å². The first kappa shape index (κ1) is 19.7. The zero-order valence-electron chi connectivity index (χ0n) is 16.5. The maximum atomic E-state index is 12.3. The molecule has 28 heavy (non-hydrogen) atoms. The van der Waals surface area contributed by atoms with E-state index in [0.717, 1.165) is 34.4 Å². The van der Waals surface area contributed by atoms with E-state index in [-0.39, 0.29) is 5.91 Å². The molecule has 0 atom stereocenters. The monoisotopic (exact) mass is 377 g/mol. The summed E-state index contributed by atoms with van der Waals surface area (Å²) in [5.74, 6) is 1.55. The topological polar surface area (TPSA) is 47.6 Å². The highest BCUT2D eigenvalue weighted by Crippen LogP contribution is 2.28. The summed E-state index contributed by atoms with van der Waals surface area (Å²) < 4.78 is 11.2. The lowest BCUT2D eigenvalue weighted by Crippen LogP contribution is -2.27. The van der Waals surface area contributed by atoms with Crippen molar-refractivity contribution < 1.29 is 14.3 Å². The summed E-state index contributed by atoms with van der Waals surface area (Å²) in [6.07, 6.45) is 1.13. The number of carbonyl (C=O) groups excluding carboxylic acids is 1. The quantitative estimate of drug-likeness (QED) is 0.596. The van der Waals surface area contributed by atoms with Crippen LogP contribution in [0.2, 0.25) is 0 Å². The fraction of sp³-hybridized carbons (Fsp3) is 0.292. The Morgan fingerprint density at radius 1 is 0.821 bits per heavy atom. The highest BCUT2D eigenvalue weighted by molar-refractivity contribution is 5.85. The molecule has 3 aromatic carbocycles. The van der Waals surface area contributed by atoms with Gasteiger partial charge in [0, 0.05) is 6.54 Å². The van der Waals surface area contributed by atoms with Crippen LogP contribution in [0.3, 0.4) is 0 Å². The molecule has 146 valence electrons. The number of carbonyl (C=O) groups is 1. The molecule has 0 unspecified atom stereocenters. The second kappa shape index (κ2) is 9.79. The van der Waals surface area contributed by atoms with Gasteiger partial charge in [-0.2, -0.15) is 0 Å². The maximum Gasteiger partial charge on any atom is 0.224 e. The van der Waals surface area contributed by atoms with Crippen molar-refractivity contribution in [3.05, 3.63) is 71.8 Å². The summed E-state index contributed by atoms with van der Waals surface area (Å²) >= 11 is 0. The van der Waals surface area contributed by atoms with Gasteiger partial charge in [-0.15, -0.1) is 0 Å². The van der Waals surface area contributed by atoms with Gasteiger partial charge in [-0.05, 0) is 54.3 Å². The molecule has 4 nitrogen and oxygen atoms in total. The third-order valence-electron chi connectivity index (χ3n) is 4.52. The fourth-order valence-electron chi connectivity index (χ4n) is 3.19. The van der Waals surface area contributed by atoms with Crippen molar-refractivity contribution in [2.24, 2.45) is 0 Å². The van der Waals surface area contributed by atoms with Gasteiger partial charge in [0.15, 0.2) is 11.5 Å². The van der Waals surface area contributed by atoms with Crippen molar-refractivity contribution in [2.75, 3.05) is 19.8 Å². The molecule has 0 saturated heterocycles. The van der Waals surface area contributed by atoms with Crippen molar-refractivity contribution >= 4 is 16.7 Å². The van der Waals surface area contributed by atoms with Crippen LogP contribution in [0.5, 0.6) is 11.5 Å². The minimum atomic E-state index is 0.0336. The van der Waals surface area contributed by atoms with Gasteiger partial charge in [0.25, 0.3) is 0 Å².